The molecule has 0 aliphatic rings. The summed E-state index contributed by atoms with van der Waals surface area (Å²) in [5.74, 6) is -0.194. The number of amides is 1. The minimum Gasteiger partial charge on any atom is -0.466 e. The third-order valence-corrected chi connectivity index (χ3v) is 3.19. The lowest BCUT2D eigenvalue weighted by molar-refractivity contribution is -0.134. The van der Waals surface area contributed by atoms with Crippen LogP contribution in [0.3, 0.4) is 0 Å². The molecule has 25 heavy (non-hydrogen) atoms. The normalized spacial score (nSPS) is 11.8. The number of anilines is 1. The number of ether oxygens (including phenoxy) is 1. The number of aromatic nitrogens is 3. The van der Waals surface area contributed by atoms with Gasteiger partial charge in [-0.3, -0.25) is 14.8 Å². The molecule has 0 saturated heterocycles. The molecule has 2 aromatic heterocycles. The van der Waals surface area contributed by atoms with Gasteiger partial charge in [-0.05, 0) is 25.1 Å². The average molecular weight is 341 g/mol. The van der Waals surface area contributed by atoms with Gasteiger partial charge in [0.05, 0.1) is 37.4 Å². The molecule has 0 fully saturated rings. The van der Waals surface area contributed by atoms with Gasteiger partial charge in [-0.15, -0.1) is 0 Å². The molecule has 0 saturated carbocycles. The van der Waals surface area contributed by atoms with E-state index >= 15 is 0 Å². The molecule has 8 heteroatoms. The van der Waals surface area contributed by atoms with Gasteiger partial charge < -0.3 is 15.4 Å². The summed E-state index contributed by atoms with van der Waals surface area (Å²) in [7, 11) is 1.30. The number of pyridine rings is 1. The standard InChI is InChI=1S/C17H19N5O3/c1-12(17(24)21-10-13-5-3-4-8-18-13)22-15-11-19-14(9-20-15)6-7-16(23)25-2/h3-9,11-12H,10H2,1-2H3,(H,20,22)(H,21,24)/b7-6+/t12-/m1/s1. The van der Waals surface area contributed by atoms with Gasteiger partial charge in [0.25, 0.3) is 0 Å². The van der Waals surface area contributed by atoms with E-state index in [-0.39, 0.29) is 5.91 Å². The summed E-state index contributed by atoms with van der Waals surface area (Å²) in [6, 6.07) is 5.03. The van der Waals surface area contributed by atoms with Crippen LogP contribution < -0.4 is 10.6 Å². The molecular formula is C17H19N5O3. The van der Waals surface area contributed by atoms with E-state index in [1.54, 1.807) is 13.1 Å². The number of carbonyl (C=O) groups is 2. The second-order valence-corrected chi connectivity index (χ2v) is 5.09. The molecule has 0 aliphatic heterocycles. The van der Waals surface area contributed by atoms with Crippen LogP contribution in [0.25, 0.3) is 6.08 Å². The molecule has 0 aliphatic carbocycles. The topological polar surface area (TPSA) is 106 Å². The fraction of sp³-hybridized carbons (Fsp3) is 0.235. The van der Waals surface area contributed by atoms with E-state index in [9.17, 15) is 9.59 Å². The molecule has 2 rings (SSSR count). The van der Waals surface area contributed by atoms with Crippen molar-refractivity contribution < 1.29 is 14.3 Å². The Labute approximate surface area is 145 Å². The van der Waals surface area contributed by atoms with Gasteiger partial charge in [0.1, 0.15) is 11.9 Å². The van der Waals surface area contributed by atoms with Crippen molar-refractivity contribution in [3.63, 3.8) is 0 Å². The summed E-state index contributed by atoms with van der Waals surface area (Å²) in [4.78, 5) is 35.5. The maximum Gasteiger partial charge on any atom is 0.330 e. The van der Waals surface area contributed by atoms with Gasteiger partial charge in [-0.1, -0.05) is 6.07 Å². The number of nitrogens with one attached hydrogen (secondary N) is 2. The first-order chi connectivity index (χ1) is 12.1. The zero-order valence-corrected chi connectivity index (χ0v) is 14.0. The first-order valence-corrected chi connectivity index (χ1v) is 7.60. The Bertz CT molecular complexity index is 732. The largest absolute Gasteiger partial charge is 0.466 e. The molecule has 0 spiro atoms. The predicted octanol–water partition coefficient (Wildman–Crippen LogP) is 1.17. The van der Waals surface area contributed by atoms with Crippen molar-refractivity contribution in [3.8, 4) is 0 Å². The fourth-order valence-electron chi connectivity index (χ4n) is 1.84. The predicted molar refractivity (Wildman–Crippen MR) is 92.3 cm³/mol. The third-order valence-electron chi connectivity index (χ3n) is 3.19. The van der Waals surface area contributed by atoms with Crippen LogP contribution in [-0.2, 0) is 20.9 Å². The molecule has 0 unspecified atom stereocenters. The Balaban J connectivity index is 1.85. The molecule has 1 amide bonds. The molecule has 2 N–H and O–H groups in total. The highest BCUT2D eigenvalue weighted by Gasteiger charge is 2.13. The lowest BCUT2D eigenvalue weighted by Crippen LogP contribution is -2.37. The van der Waals surface area contributed by atoms with Crippen molar-refractivity contribution in [2.45, 2.75) is 19.5 Å². The number of rotatable bonds is 7. The van der Waals surface area contributed by atoms with Crippen molar-refractivity contribution >= 4 is 23.8 Å². The van der Waals surface area contributed by atoms with Gasteiger partial charge in [-0.25, -0.2) is 9.78 Å². The maximum atomic E-state index is 12.1. The van der Waals surface area contributed by atoms with E-state index in [4.69, 9.17) is 0 Å². The van der Waals surface area contributed by atoms with Crippen LogP contribution in [-0.4, -0.2) is 40.0 Å². The third kappa shape index (κ3) is 6.02. The first-order valence-electron chi connectivity index (χ1n) is 7.60. The highest BCUT2D eigenvalue weighted by molar-refractivity contribution is 5.86. The van der Waals surface area contributed by atoms with Crippen molar-refractivity contribution in [1.29, 1.82) is 0 Å². The summed E-state index contributed by atoms with van der Waals surface area (Å²) >= 11 is 0. The Morgan fingerprint density at radius 1 is 1.24 bits per heavy atom. The molecule has 130 valence electrons. The number of nitrogens with zero attached hydrogens (tertiary/aromatic N) is 3. The smallest absolute Gasteiger partial charge is 0.330 e. The second-order valence-electron chi connectivity index (χ2n) is 5.09. The number of hydrogen-bond donors (Lipinski definition) is 2. The van der Waals surface area contributed by atoms with Crippen LogP contribution in [0, 0.1) is 0 Å². The SMILES string of the molecule is COC(=O)/C=C/c1cnc(N[C@H](C)C(=O)NCc2ccccn2)cn1. The molecule has 0 bridgehead atoms. The highest BCUT2D eigenvalue weighted by atomic mass is 16.5. The van der Waals surface area contributed by atoms with E-state index in [0.717, 1.165) is 5.69 Å². The molecule has 2 aromatic rings. The van der Waals surface area contributed by atoms with Gasteiger partial charge in [0, 0.05) is 12.3 Å². The van der Waals surface area contributed by atoms with Crippen LogP contribution in [0.5, 0.6) is 0 Å². The van der Waals surface area contributed by atoms with Gasteiger partial charge in [-0.2, -0.15) is 0 Å². The van der Waals surface area contributed by atoms with Crippen molar-refractivity contribution in [3.05, 3.63) is 54.3 Å². The Hall–Kier alpha value is -3.29. The number of hydrogen-bond acceptors (Lipinski definition) is 7. The number of methoxy groups -OCH3 is 1. The van der Waals surface area contributed by atoms with Crippen LogP contribution >= 0.6 is 0 Å². The monoisotopic (exact) mass is 341 g/mol. The van der Waals surface area contributed by atoms with Crippen molar-refractivity contribution in [2.75, 3.05) is 12.4 Å². The summed E-state index contributed by atoms with van der Waals surface area (Å²) in [6.07, 6.45) is 7.39. The van der Waals surface area contributed by atoms with Crippen LogP contribution in [0.4, 0.5) is 5.82 Å². The number of carbonyl (C=O) groups excluding carboxylic acids is 2. The minimum atomic E-state index is -0.491. The van der Waals surface area contributed by atoms with Gasteiger partial charge >= 0.3 is 5.97 Å². The molecule has 8 nitrogen and oxygen atoms in total. The summed E-state index contributed by atoms with van der Waals surface area (Å²) in [5, 5.41) is 5.75. The van der Waals surface area contributed by atoms with Crippen LogP contribution in [0.2, 0.25) is 0 Å². The molecule has 2 heterocycles. The quantitative estimate of drug-likeness (QED) is 0.575. The molecule has 0 radical (unpaired) electrons. The van der Waals surface area contributed by atoms with E-state index in [0.29, 0.717) is 18.1 Å². The van der Waals surface area contributed by atoms with E-state index in [1.807, 2.05) is 18.2 Å². The number of esters is 1. The van der Waals surface area contributed by atoms with E-state index in [2.05, 4.69) is 30.3 Å². The van der Waals surface area contributed by atoms with E-state index in [1.165, 1.54) is 31.7 Å². The first kappa shape index (κ1) is 18.1. The summed E-state index contributed by atoms with van der Waals surface area (Å²) in [6.45, 7) is 2.08. The van der Waals surface area contributed by atoms with Crippen LogP contribution in [0.15, 0.2) is 42.9 Å². The van der Waals surface area contributed by atoms with Crippen LogP contribution in [0.1, 0.15) is 18.3 Å². The average Bonchev–Trinajstić information content (AvgIpc) is 2.66. The lowest BCUT2D eigenvalue weighted by atomic mass is 10.3. The van der Waals surface area contributed by atoms with Gasteiger partial charge in [0.15, 0.2) is 0 Å². The lowest BCUT2D eigenvalue weighted by Gasteiger charge is -2.14. The van der Waals surface area contributed by atoms with Crippen molar-refractivity contribution in [2.24, 2.45) is 0 Å². The van der Waals surface area contributed by atoms with E-state index < -0.39 is 12.0 Å². The Kier molecular flexibility index (Phi) is 6.58. The molecular weight excluding hydrogens is 322 g/mol. The summed E-state index contributed by atoms with van der Waals surface area (Å²) in [5.41, 5.74) is 1.28. The zero-order chi connectivity index (χ0) is 18.1. The zero-order valence-electron chi connectivity index (χ0n) is 14.0. The highest BCUT2D eigenvalue weighted by Crippen LogP contribution is 2.05. The minimum absolute atomic E-state index is 0.179. The molecule has 0 aromatic carbocycles. The second kappa shape index (κ2) is 9.11. The molecule has 1 atom stereocenters. The Morgan fingerprint density at radius 2 is 2.08 bits per heavy atom. The van der Waals surface area contributed by atoms with Gasteiger partial charge in [0.2, 0.25) is 5.91 Å². The fourth-order valence-corrected chi connectivity index (χ4v) is 1.84. The Morgan fingerprint density at radius 3 is 2.72 bits per heavy atom. The van der Waals surface area contributed by atoms with Crippen molar-refractivity contribution in [1.82, 2.24) is 20.3 Å². The maximum absolute atomic E-state index is 12.1. The summed E-state index contributed by atoms with van der Waals surface area (Å²) < 4.78 is 4.49.